The summed E-state index contributed by atoms with van der Waals surface area (Å²) in [6.07, 6.45) is 1.71. The zero-order valence-electron chi connectivity index (χ0n) is 18.8. The summed E-state index contributed by atoms with van der Waals surface area (Å²) in [5, 5.41) is 0.922. The van der Waals surface area contributed by atoms with Gasteiger partial charge in [-0.05, 0) is 75.1 Å². The maximum Gasteiger partial charge on any atom is 0.312 e. The van der Waals surface area contributed by atoms with Crippen molar-refractivity contribution in [3.8, 4) is 5.75 Å². The first-order valence-electron chi connectivity index (χ1n) is 11.0. The molecule has 0 radical (unpaired) electrons. The lowest BCUT2D eigenvalue weighted by Gasteiger charge is -2.40. The first-order valence-corrected chi connectivity index (χ1v) is 11.0. The zero-order chi connectivity index (χ0) is 22.7. The molecule has 4 rings (SSSR count). The molecular weight excluding hydrogens is 406 g/mol. The van der Waals surface area contributed by atoms with Crippen molar-refractivity contribution in [2.45, 2.75) is 33.1 Å². The highest BCUT2D eigenvalue weighted by molar-refractivity contribution is 5.98. The Morgan fingerprint density at radius 2 is 1.78 bits per heavy atom. The van der Waals surface area contributed by atoms with E-state index in [1.165, 1.54) is 0 Å². The number of nitrogens with zero attached hydrogens (tertiary/aromatic N) is 1. The van der Waals surface area contributed by atoms with Crippen molar-refractivity contribution in [1.29, 1.82) is 0 Å². The molecule has 1 aromatic heterocycles. The number of rotatable bonds is 6. The number of carbonyl (C=O) groups is 2. The van der Waals surface area contributed by atoms with Gasteiger partial charge in [0.25, 0.3) is 5.91 Å². The Kier molecular flexibility index (Phi) is 6.21. The van der Waals surface area contributed by atoms with E-state index in [1.54, 1.807) is 13.2 Å². The minimum atomic E-state index is -0.632. The molecule has 32 heavy (non-hydrogen) atoms. The Hall–Kier alpha value is -3.28. The number of methoxy groups -OCH3 is 1. The number of esters is 1. The molecule has 0 saturated carbocycles. The van der Waals surface area contributed by atoms with Crippen LogP contribution in [0.15, 0.2) is 52.9 Å². The van der Waals surface area contributed by atoms with Crippen LogP contribution in [-0.2, 0) is 16.0 Å². The lowest BCUT2D eigenvalue weighted by Crippen LogP contribution is -2.48. The number of hydrogen-bond donors (Lipinski definition) is 0. The minimum Gasteiger partial charge on any atom is -0.497 e. The van der Waals surface area contributed by atoms with Gasteiger partial charge in [-0.25, -0.2) is 0 Å². The monoisotopic (exact) mass is 435 g/mol. The average Bonchev–Trinajstić information content (AvgIpc) is 3.19. The summed E-state index contributed by atoms with van der Waals surface area (Å²) in [7, 11) is 1.63. The maximum absolute atomic E-state index is 13.2. The predicted octanol–water partition coefficient (Wildman–Crippen LogP) is 4.78. The number of hydrogen-bond acceptors (Lipinski definition) is 5. The lowest BCUT2D eigenvalue weighted by molar-refractivity contribution is -0.158. The summed E-state index contributed by atoms with van der Waals surface area (Å²) in [5.74, 6) is 1.40. The van der Waals surface area contributed by atoms with Gasteiger partial charge >= 0.3 is 5.97 Å². The normalized spacial score (nSPS) is 15.5. The molecule has 3 aromatic rings. The Labute approximate surface area is 188 Å². The standard InChI is InChI=1S/C26H29NO5/c1-4-31-25(29)26(17-19-5-8-22(30-3)9-6-19)11-13-27(14-12-26)24(28)20-7-10-23-21(16-20)15-18(2)32-23/h5-10,15-16H,4,11-14,17H2,1-3H3. The molecule has 6 nitrogen and oxygen atoms in total. The first-order chi connectivity index (χ1) is 15.4. The molecule has 168 valence electrons. The van der Waals surface area contributed by atoms with E-state index in [0.29, 0.717) is 44.5 Å². The summed E-state index contributed by atoms with van der Waals surface area (Å²) in [4.78, 5) is 28.0. The molecule has 1 amide bonds. The van der Waals surface area contributed by atoms with Gasteiger partial charge in [0.15, 0.2) is 0 Å². The largest absolute Gasteiger partial charge is 0.497 e. The molecule has 6 heteroatoms. The average molecular weight is 436 g/mol. The summed E-state index contributed by atoms with van der Waals surface area (Å²) in [6.45, 7) is 5.08. The lowest BCUT2D eigenvalue weighted by atomic mass is 9.73. The van der Waals surface area contributed by atoms with Crippen molar-refractivity contribution in [1.82, 2.24) is 4.90 Å². The zero-order valence-corrected chi connectivity index (χ0v) is 18.8. The second kappa shape index (κ2) is 9.07. The van der Waals surface area contributed by atoms with Crippen molar-refractivity contribution in [2.24, 2.45) is 5.41 Å². The smallest absolute Gasteiger partial charge is 0.312 e. The van der Waals surface area contributed by atoms with Gasteiger partial charge in [0.2, 0.25) is 0 Å². The van der Waals surface area contributed by atoms with Crippen LogP contribution in [0.1, 0.15) is 41.4 Å². The van der Waals surface area contributed by atoms with Crippen molar-refractivity contribution < 1.29 is 23.5 Å². The van der Waals surface area contributed by atoms with Crippen LogP contribution >= 0.6 is 0 Å². The molecule has 0 atom stereocenters. The molecule has 2 heterocycles. The van der Waals surface area contributed by atoms with Gasteiger partial charge in [-0.1, -0.05) is 12.1 Å². The van der Waals surface area contributed by atoms with Crippen LogP contribution in [0.5, 0.6) is 5.75 Å². The second-order valence-electron chi connectivity index (χ2n) is 8.43. The van der Waals surface area contributed by atoms with Gasteiger partial charge < -0.3 is 18.8 Å². The van der Waals surface area contributed by atoms with Gasteiger partial charge in [-0.2, -0.15) is 0 Å². The first kappa shape index (κ1) is 21.9. The van der Waals surface area contributed by atoms with Crippen LogP contribution in [0, 0.1) is 12.3 Å². The minimum absolute atomic E-state index is 0.0207. The van der Waals surface area contributed by atoms with Gasteiger partial charge in [-0.3, -0.25) is 9.59 Å². The van der Waals surface area contributed by atoms with Crippen LogP contribution in [0.2, 0.25) is 0 Å². The van der Waals surface area contributed by atoms with Crippen molar-refractivity contribution >= 4 is 22.8 Å². The van der Waals surface area contributed by atoms with E-state index < -0.39 is 5.41 Å². The summed E-state index contributed by atoms with van der Waals surface area (Å²) in [6, 6.07) is 15.2. The third-order valence-electron chi connectivity index (χ3n) is 6.30. The van der Waals surface area contributed by atoms with Gasteiger partial charge in [-0.15, -0.1) is 0 Å². The predicted molar refractivity (Wildman–Crippen MR) is 122 cm³/mol. The fourth-order valence-electron chi connectivity index (χ4n) is 4.50. The van der Waals surface area contributed by atoms with Gasteiger partial charge in [0.05, 0.1) is 19.1 Å². The fraction of sp³-hybridized carbons (Fsp3) is 0.385. The number of piperidine rings is 1. The molecule has 0 aliphatic carbocycles. The number of ether oxygens (including phenoxy) is 2. The third kappa shape index (κ3) is 4.35. The molecule has 2 aromatic carbocycles. The molecule has 0 bridgehead atoms. The number of amides is 1. The van der Waals surface area contributed by atoms with Gasteiger partial charge in [0.1, 0.15) is 17.1 Å². The highest BCUT2D eigenvalue weighted by Gasteiger charge is 2.43. The molecule has 1 aliphatic rings. The van der Waals surface area contributed by atoms with Crippen LogP contribution in [-0.4, -0.2) is 43.6 Å². The molecule has 1 saturated heterocycles. The summed E-state index contributed by atoms with van der Waals surface area (Å²) < 4.78 is 16.3. The quantitative estimate of drug-likeness (QED) is 0.521. The molecule has 1 fully saturated rings. The van der Waals surface area contributed by atoms with Crippen LogP contribution < -0.4 is 4.74 Å². The van der Waals surface area contributed by atoms with E-state index in [0.717, 1.165) is 28.0 Å². The number of carbonyl (C=O) groups excluding carboxylic acids is 2. The van der Waals surface area contributed by atoms with E-state index in [2.05, 4.69) is 0 Å². The number of fused-ring (bicyclic) bond motifs is 1. The van der Waals surface area contributed by atoms with Crippen LogP contribution in [0.3, 0.4) is 0 Å². The SMILES string of the molecule is CCOC(=O)C1(Cc2ccc(OC)cc2)CCN(C(=O)c2ccc3oc(C)cc3c2)CC1. The Morgan fingerprint density at radius 1 is 1.06 bits per heavy atom. The van der Waals surface area contributed by atoms with Crippen LogP contribution in [0.25, 0.3) is 11.0 Å². The van der Waals surface area contributed by atoms with Crippen LogP contribution in [0.4, 0.5) is 0 Å². The molecule has 1 aliphatic heterocycles. The van der Waals surface area contributed by atoms with E-state index in [9.17, 15) is 9.59 Å². The highest BCUT2D eigenvalue weighted by atomic mass is 16.5. The van der Waals surface area contributed by atoms with E-state index in [4.69, 9.17) is 13.9 Å². The molecule has 0 spiro atoms. The number of furan rings is 1. The Bertz CT molecular complexity index is 1110. The van der Waals surface area contributed by atoms with Gasteiger partial charge in [0, 0.05) is 24.0 Å². The second-order valence-corrected chi connectivity index (χ2v) is 8.43. The third-order valence-corrected chi connectivity index (χ3v) is 6.30. The number of aryl methyl sites for hydroxylation is 1. The highest BCUT2D eigenvalue weighted by Crippen LogP contribution is 2.37. The van der Waals surface area contributed by atoms with Crippen molar-refractivity contribution in [3.05, 3.63) is 65.4 Å². The van der Waals surface area contributed by atoms with Crippen molar-refractivity contribution in [3.63, 3.8) is 0 Å². The fourth-order valence-corrected chi connectivity index (χ4v) is 4.50. The molecule has 0 N–H and O–H groups in total. The van der Waals surface area contributed by atoms with E-state index >= 15 is 0 Å². The van der Waals surface area contributed by atoms with E-state index in [1.807, 2.05) is 61.2 Å². The van der Waals surface area contributed by atoms with E-state index in [-0.39, 0.29) is 11.9 Å². The number of likely N-dealkylation sites (tertiary alicyclic amines) is 1. The Balaban J connectivity index is 1.50. The Morgan fingerprint density at radius 3 is 2.44 bits per heavy atom. The summed E-state index contributed by atoms with van der Waals surface area (Å²) in [5.41, 5.74) is 1.84. The summed E-state index contributed by atoms with van der Waals surface area (Å²) >= 11 is 0. The topological polar surface area (TPSA) is 69.0 Å². The van der Waals surface area contributed by atoms with Crippen molar-refractivity contribution in [2.75, 3.05) is 26.8 Å². The number of benzene rings is 2. The molecule has 0 unspecified atom stereocenters. The maximum atomic E-state index is 13.2. The molecular formula is C26H29NO5.